The van der Waals surface area contributed by atoms with Crippen LogP contribution in [0.5, 0.6) is 0 Å². The largest absolute Gasteiger partial charge is 0.416 e. The molecule has 0 heterocycles. The van der Waals surface area contributed by atoms with E-state index in [1.807, 2.05) is 13.8 Å². The fraction of sp³-hybridized carbons (Fsp3) is 0.571. The molecule has 1 N–H and O–H groups in total. The molecule has 18 heavy (non-hydrogen) atoms. The van der Waals surface area contributed by atoms with E-state index in [0.29, 0.717) is 30.7 Å². The number of rotatable bonds is 5. The lowest BCUT2D eigenvalue weighted by Gasteiger charge is -2.13. The van der Waals surface area contributed by atoms with Gasteiger partial charge in [-0.3, -0.25) is 0 Å². The third-order valence-corrected chi connectivity index (χ3v) is 2.76. The monoisotopic (exact) mass is 260 g/mol. The predicted molar refractivity (Wildman–Crippen MR) is 65.2 cm³/mol. The highest BCUT2D eigenvalue weighted by molar-refractivity contribution is 5.25. The van der Waals surface area contributed by atoms with Crippen LogP contribution in [0.4, 0.5) is 13.2 Å². The van der Waals surface area contributed by atoms with Gasteiger partial charge in [0.15, 0.2) is 0 Å². The van der Waals surface area contributed by atoms with Crippen molar-refractivity contribution in [2.75, 3.05) is 0 Å². The van der Waals surface area contributed by atoms with Crippen LogP contribution < -0.4 is 0 Å². The summed E-state index contributed by atoms with van der Waals surface area (Å²) in [5.74, 6) is 0.390. The number of halogens is 3. The normalized spacial score (nSPS) is 13.9. The predicted octanol–water partition coefficient (Wildman–Crippen LogP) is 4.05. The minimum absolute atomic E-state index is 0.390. The number of benzene rings is 1. The zero-order chi connectivity index (χ0) is 13.8. The first-order chi connectivity index (χ1) is 8.29. The number of aliphatic hydroxyl groups is 1. The van der Waals surface area contributed by atoms with E-state index in [1.54, 1.807) is 6.07 Å². The second-order valence-electron chi connectivity index (χ2n) is 5.02. The van der Waals surface area contributed by atoms with E-state index in [9.17, 15) is 18.3 Å². The molecule has 1 rings (SSSR count). The van der Waals surface area contributed by atoms with E-state index in [1.165, 1.54) is 6.07 Å². The summed E-state index contributed by atoms with van der Waals surface area (Å²) in [5, 5.41) is 9.69. The maximum absolute atomic E-state index is 12.5. The minimum atomic E-state index is -4.30. The zero-order valence-electron chi connectivity index (χ0n) is 10.7. The molecule has 1 aromatic rings. The molecule has 1 nitrogen and oxygen atoms in total. The van der Waals surface area contributed by atoms with E-state index in [4.69, 9.17) is 0 Å². The second kappa shape index (κ2) is 6.23. The van der Waals surface area contributed by atoms with Crippen molar-refractivity contribution in [3.63, 3.8) is 0 Å². The Balaban J connectivity index is 2.58. The fourth-order valence-corrected chi connectivity index (χ4v) is 1.90. The lowest BCUT2D eigenvalue weighted by molar-refractivity contribution is -0.137. The van der Waals surface area contributed by atoms with Gasteiger partial charge in [0.2, 0.25) is 0 Å². The van der Waals surface area contributed by atoms with E-state index in [-0.39, 0.29) is 0 Å². The molecular weight excluding hydrogens is 241 g/mol. The van der Waals surface area contributed by atoms with Gasteiger partial charge in [-0.05, 0) is 36.8 Å². The molecule has 0 aliphatic carbocycles. The van der Waals surface area contributed by atoms with Gasteiger partial charge in [-0.25, -0.2) is 0 Å². The molecule has 0 radical (unpaired) electrons. The summed E-state index contributed by atoms with van der Waals surface area (Å²) in [6.45, 7) is 4.01. The fourth-order valence-electron chi connectivity index (χ4n) is 1.90. The van der Waals surface area contributed by atoms with Crippen LogP contribution >= 0.6 is 0 Å². The highest BCUT2D eigenvalue weighted by Crippen LogP contribution is 2.29. The minimum Gasteiger partial charge on any atom is -0.393 e. The SMILES string of the molecule is CC(C)CC(O)CCc1cccc(C(F)(F)F)c1. The first kappa shape index (κ1) is 15.0. The lowest BCUT2D eigenvalue weighted by atomic mass is 9.99. The summed E-state index contributed by atoms with van der Waals surface area (Å²) in [5.41, 5.74) is -0.00835. The lowest BCUT2D eigenvalue weighted by Crippen LogP contribution is -2.11. The Bertz CT molecular complexity index is 372. The van der Waals surface area contributed by atoms with Gasteiger partial charge in [0.1, 0.15) is 0 Å². The van der Waals surface area contributed by atoms with Crippen LogP contribution in [0.15, 0.2) is 24.3 Å². The van der Waals surface area contributed by atoms with Gasteiger partial charge >= 0.3 is 6.18 Å². The van der Waals surface area contributed by atoms with Gasteiger partial charge in [0.05, 0.1) is 11.7 Å². The van der Waals surface area contributed by atoms with Gasteiger partial charge in [-0.2, -0.15) is 13.2 Å². The Morgan fingerprint density at radius 2 is 1.89 bits per heavy atom. The third kappa shape index (κ3) is 5.08. The highest BCUT2D eigenvalue weighted by atomic mass is 19.4. The van der Waals surface area contributed by atoms with Crippen molar-refractivity contribution in [1.82, 2.24) is 0 Å². The van der Waals surface area contributed by atoms with Gasteiger partial charge in [0.25, 0.3) is 0 Å². The molecule has 0 fully saturated rings. The Hall–Kier alpha value is -1.03. The molecule has 102 valence electrons. The van der Waals surface area contributed by atoms with Crippen molar-refractivity contribution in [3.8, 4) is 0 Å². The Labute approximate surface area is 106 Å². The van der Waals surface area contributed by atoms with Crippen LogP contribution in [0.3, 0.4) is 0 Å². The standard InChI is InChI=1S/C14H19F3O/c1-10(2)8-13(18)7-6-11-4-3-5-12(9-11)14(15,16)17/h3-5,9-10,13,18H,6-8H2,1-2H3. The van der Waals surface area contributed by atoms with Crippen LogP contribution in [-0.4, -0.2) is 11.2 Å². The molecule has 0 bridgehead atoms. The Morgan fingerprint density at radius 1 is 1.22 bits per heavy atom. The summed E-state index contributed by atoms with van der Waals surface area (Å²) in [7, 11) is 0. The van der Waals surface area contributed by atoms with E-state index >= 15 is 0 Å². The number of hydrogen-bond acceptors (Lipinski definition) is 1. The topological polar surface area (TPSA) is 20.2 Å². The molecule has 0 aliphatic heterocycles. The van der Waals surface area contributed by atoms with Crippen LogP contribution in [0.1, 0.15) is 37.8 Å². The molecule has 0 amide bonds. The summed E-state index contributed by atoms with van der Waals surface area (Å²) < 4.78 is 37.5. The molecule has 0 aromatic heterocycles. The smallest absolute Gasteiger partial charge is 0.393 e. The maximum Gasteiger partial charge on any atom is 0.416 e. The zero-order valence-corrected chi connectivity index (χ0v) is 10.7. The van der Waals surface area contributed by atoms with Crippen molar-refractivity contribution in [2.24, 2.45) is 5.92 Å². The summed E-state index contributed by atoms with van der Waals surface area (Å²) in [6, 6.07) is 5.29. The van der Waals surface area contributed by atoms with Gasteiger partial charge in [-0.15, -0.1) is 0 Å². The van der Waals surface area contributed by atoms with Crippen LogP contribution in [0.25, 0.3) is 0 Å². The summed E-state index contributed by atoms with van der Waals surface area (Å²) in [6.07, 6.45) is -3.09. The Morgan fingerprint density at radius 3 is 2.44 bits per heavy atom. The molecule has 0 saturated heterocycles. The van der Waals surface area contributed by atoms with Crippen LogP contribution in [-0.2, 0) is 12.6 Å². The molecule has 1 unspecified atom stereocenters. The molecule has 0 aliphatic rings. The molecular formula is C14H19F3O. The molecule has 1 aromatic carbocycles. The number of aliphatic hydroxyl groups excluding tert-OH is 1. The van der Waals surface area contributed by atoms with Gasteiger partial charge in [-0.1, -0.05) is 32.0 Å². The van der Waals surface area contributed by atoms with Crippen molar-refractivity contribution < 1.29 is 18.3 Å². The van der Waals surface area contributed by atoms with Crippen molar-refractivity contribution in [1.29, 1.82) is 0 Å². The summed E-state index contributed by atoms with van der Waals surface area (Å²) >= 11 is 0. The van der Waals surface area contributed by atoms with Crippen molar-refractivity contribution >= 4 is 0 Å². The van der Waals surface area contributed by atoms with Gasteiger partial charge in [0, 0.05) is 0 Å². The number of aryl methyl sites for hydroxylation is 1. The van der Waals surface area contributed by atoms with E-state index < -0.39 is 17.8 Å². The first-order valence-corrected chi connectivity index (χ1v) is 6.13. The highest BCUT2D eigenvalue weighted by Gasteiger charge is 2.30. The summed E-state index contributed by atoms with van der Waals surface area (Å²) in [4.78, 5) is 0. The van der Waals surface area contributed by atoms with Gasteiger partial charge < -0.3 is 5.11 Å². The Kier molecular flexibility index (Phi) is 5.20. The van der Waals surface area contributed by atoms with E-state index in [0.717, 1.165) is 12.1 Å². The quantitative estimate of drug-likeness (QED) is 0.847. The molecule has 4 heteroatoms. The number of hydrogen-bond donors (Lipinski definition) is 1. The van der Waals surface area contributed by atoms with E-state index in [2.05, 4.69) is 0 Å². The van der Waals surface area contributed by atoms with Crippen LogP contribution in [0, 0.1) is 5.92 Å². The third-order valence-electron chi connectivity index (χ3n) is 2.76. The van der Waals surface area contributed by atoms with Crippen molar-refractivity contribution in [2.45, 2.75) is 45.4 Å². The molecule has 0 spiro atoms. The number of alkyl halides is 3. The second-order valence-corrected chi connectivity index (χ2v) is 5.02. The van der Waals surface area contributed by atoms with Crippen LogP contribution in [0.2, 0.25) is 0 Å². The maximum atomic E-state index is 12.5. The first-order valence-electron chi connectivity index (χ1n) is 6.13. The average molecular weight is 260 g/mol. The average Bonchev–Trinajstić information content (AvgIpc) is 2.25. The molecule has 1 atom stereocenters. The molecule has 0 saturated carbocycles. The van der Waals surface area contributed by atoms with Crippen molar-refractivity contribution in [3.05, 3.63) is 35.4 Å².